The second-order valence-corrected chi connectivity index (χ2v) is 5.96. The molecular formula is C17H26NO2+. The second kappa shape index (κ2) is 7.44. The number of nitrogens with one attached hydrogen (secondary N) is 1. The third-order valence-electron chi connectivity index (χ3n) is 4.06. The Labute approximate surface area is 121 Å². The number of para-hydroxylation sites is 1. The largest absolute Gasteiger partial charge is 0.493 e. The summed E-state index contributed by atoms with van der Waals surface area (Å²) in [6, 6.07) is 7.50. The van der Waals surface area contributed by atoms with Crippen LogP contribution in [0.15, 0.2) is 24.3 Å². The molecule has 1 saturated heterocycles. The zero-order valence-corrected chi connectivity index (χ0v) is 12.7. The van der Waals surface area contributed by atoms with Gasteiger partial charge in [0.05, 0.1) is 31.8 Å². The maximum atomic E-state index is 11.5. The van der Waals surface area contributed by atoms with Gasteiger partial charge in [0, 0.05) is 12.3 Å². The first-order chi connectivity index (χ1) is 9.66. The van der Waals surface area contributed by atoms with Crippen LogP contribution < -0.4 is 9.64 Å². The topological polar surface area (TPSA) is 30.7 Å². The predicted molar refractivity (Wildman–Crippen MR) is 80.5 cm³/mol. The van der Waals surface area contributed by atoms with E-state index in [1.54, 1.807) is 11.8 Å². The Kier molecular flexibility index (Phi) is 5.60. The van der Waals surface area contributed by atoms with Crippen molar-refractivity contribution in [2.45, 2.75) is 33.1 Å². The summed E-state index contributed by atoms with van der Waals surface area (Å²) in [6.45, 7) is 8.40. The lowest BCUT2D eigenvalue weighted by molar-refractivity contribution is -0.908. The van der Waals surface area contributed by atoms with Gasteiger partial charge in [-0.05, 0) is 31.9 Å². The van der Waals surface area contributed by atoms with E-state index in [0.717, 1.165) is 18.1 Å². The molecule has 1 unspecified atom stereocenters. The van der Waals surface area contributed by atoms with E-state index in [0.29, 0.717) is 12.2 Å². The highest BCUT2D eigenvalue weighted by Gasteiger charge is 2.18. The molecule has 0 aliphatic carbocycles. The average Bonchev–Trinajstić information content (AvgIpc) is 2.44. The predicted octanol–water partition coefficient (Wildman–Crippen LogP) is 1.97. The maximum Gasteiger partial charge on any atom is 0.163 e. The highest BCUT2D eigenvalue weighted by Crippen LogP contribution is 2.18. The first-order valence-corrected chi connectivity index (χ1v) is 7.73. The van der Waals surface area contributed by atoms with Gasteiger partial charge in [0.15, 0.2) is 5.78 Å². The van der Waals surface area contributed by atoms with Gasteiger partial charge in [0.1, 0.15) is 5.75 Å². The van der Waals surface area contributed by atoms with Crippen molar-refractivity contribution in [2.75, 3.05) is 26.2 Å². The third-order valence-corrected chi connectivity index (χ3v) is 4.06. The zero-order valence-electron chi connectivity index (χ0n) is 12.7. The molecular weight excluding hydrogens is 250 g/mol. The number of piperidine rings is 1. The van der Waals surface area contributed by atoms with E-state index in [1.165, 1.54) is 32.5 Å². The van der Waals surface area contributed by atoms with E-state index in [1.807, 2.05) is 24.3 Å². The molecule has 0 bridgehead atoms. The fourth-order valence-corrected chi connectivity index (χ4v) is 3.01. The van der Waals surface area contributed by atoms with Crippen LogP contribution in [0.4, 0.5) is 0 Å². The number of ketones is 1. The van der Waals surface area contributed by atoms with Crippen molar-refractivity contribution in [3.05, 3.63) is 29.8 Å². The van der Waals surface area contributed by atoms with Gasteiger partial charge < -0.3 is 9.64 Å². The van der Waals surface area contributed by atoms with Crippen molar-refractivity contribution in [3.63, 3.8) is 0 Å². The van der Waals surface area contributed by atoms with Crippen LogP contribution in [0.3, 0.4) is 0 Å². The first kappa shape index (κ1) is 15.0. The summed E-state index contributed by atoms with van der Waals surface area (Å²) < 4.78 is 5.78. The first-order valence-electron chi connectivity index (χ1n) is 7.73. The van der Waals surface area contributed by atoms with Crippen molar-refractivity contribution in [1.82, 2.24) is 0 Å². The molecule has 3 nitrogen and oxygen atoms in total. The molecule has 0 radical (unpaired) electrons. The van der Waals surface area contributed by atoms with Crippen LogP contribution in [0.25, 0.3) is 0 Å². The SMILES string of the molecule is CC(=O)c1ccccc1OCCC[NH+]1CCC[C@H](C)C1. The maximum absolute atomic E-state index is 11.5. The van der Waals surface area contributed by atoms with Crippen LogP contribution in [0.2, 0.25) is 0 Å². The lowest BCUT2D eigenvalue weighted by atomic mass is 10.0. The quantitative estimate of drug-likeness (QED) is 0.636. The molecule has 1 aliphatic heterocycles. The van der Waals surface area contributed by atoms with Crippen molar-refractivity contribution >= 4 is 5.78 Å². The summed E-state index contributed by atoms with van der Waals surface area (Å²) in [4.78, 5) is 13.2. The van der Waals surface area contributed by atoms with E-state index < -0.39 is 0 Å². The molecule has 2 atom stereocenters. The number of ether oxygens (including phenoxy) is 1. The Bertz CT molecular complexity index is 444. The monoisotopic (exact) mass is 276 g/mol. The molecule has 20 heavy (non-hydrogen) atoms. The fourth-order valence-electron chi connectivity index (χ4n) is 3.01. The molecule has 2 rings (SSSR count). The average molecular weight is 276 g/mol. The minimum atomic E-state index is 0.0658. The summed E-state index contributed by atoms with van der Waals surface area (Å²) in [7, 11) is 0. The van der Waals surface area contributed by atoms with Crippen LogP contribution in [-0.4, -0.2) is 32.0 Å². The van der Waals surface area contributed by atoms with Gasteiger partial charge in [0.2, 0.25) is 0 Å². The fraction of sp³-hybridized carbons (Fsp3) is 0.588. The smallest absolute Gasteiger partial charge is 0.163 e. The van der Waals surface area contributed by atoms with Gasteiger partial charge in [-0.25, -0.2) is 0 Å². The summed E-state index contributed by atoms with van der Waals surface area (Å²) in [5, 5.41) is 0. The summed E-state index contributed by atoms with van der Waals surface area (Å²) in [5.74, 6) is 1.65. The minimum Gasteiger partial charge on any atom is -0.493 e. The lowest BCUT2D eigenvalue weighted by Crippen LogP contribution is -3.13. The number of quaternary nitrogens is 1. The van der Waals surface area contributed by atoms with Gasteiger partial charge in [-0.1, -0.05) is 19.1 Å². The Morgan fingerprint density at radius 3 is 2.95 bits per heavy atom. The number of rotatable bonds is 6. The van der Waals surface area contributed by atoms with Crippen LogP contribution in [0, 0.1) is 5.92 Å². The second-order valence-electron chi connectivity index (χ2n) is 5.96. The van der Waals surface area contributed by atoms with Gasteiger partial charge >= 0.3 is 0 Å². The number of hydrogen-bond donors (Lipinski definition) is 1. The molecule has 1 N–H and O–H groups in total. The highest BCUT2D eigenvalue weighted by atomic mass is 16.5. The summed E-state index contributed by atoms with van der Waals surface area (Å²) >= 11 is 0. The molecule has 1 fully saturated rings. The number of likely N-dealkylation sites (tertiary alicyclic amines) is 1. The third kappa shape index (κ3) is 4.34. The van der Waals surface area contributed by atoms with E-state index in [4.69, 9.17) is 4.74 Å². The van der Waals surface area contributed by atoms with Gasteiger partial charge in [-0.3, -0.25) is 4.79 Å². The number of hydrogen-bond acceptors (Lipinski definition) is 2. The molecule has 0 amide bonds. The van der Waals surface area contributed by atoms with Crippen molar-refractivity contribution < 1.29 is 14.4 Å². The molecule has 1 aliphatic rings. The Balaban J connectivity index is 1.74. The number of carbonyl (C=O) groups is 1. The zero-order chi connectivity index (χ0) is 14.4. The number of Topliss-reactive ketones (excluding diaryl/α,β-unsaturated/α-hetero) is 1. The molecule has 3 heteroatoms. The Morgan fingerprint density at radius 1 is 1.40 bits per heavy atom. The lowest BCUT2D eigenvalue weighted by Gasteiger charge is -2.27. The molecule has 0 aromatic heterocycles. The molecule has 1 heterocycles. The molecule has 110 valence electrons. The highest BCUT2D eigenvalue weighted by molar-refractivity contribution is 5.96. The van der Waals surface area contributed by atoms with Gasteiger partial charge in [-0.2, -0.15) is 0 Å². The summed E-state index contributed by atoms with van der Waals surface area (Å²) in [5.41, 5.74) is 0.687. The van der Waals surface area contributed by atoms with Gasteiger partial charge in [-0.15, -0.1) is 0 Å². The van der Waals surface area contributed by atoms with Crippen LogP contribution in [0.1, 0.15) is 43.5 Å². The molecule has 1 aromatic carbocycles. The van der Waals surface area contributed by atoms with E-state index >= 15 is 0 Å². The summed E-state index contributed by atoms with van der Waals surface area (Å²) in [6.07, 6.45) is 3.78. The number of carbonyl (C=O) groups excluding carboxylic acids is 1. The van der Waals surface area contributed by atoms with E-state index in [-0.39, 0.29) is 5.78 Å². The van der Waals surface area contributed by atoms with Crippen LogP contribution >= 0.6 is 0 Å². The van der Waals surface area contributed by atoms with Crippen LogP contribution in [0.5, 0.6) is 5.75 Å². The van der Waals surface area contributed by atoms with Crippen molar-refractivity contribution in [2.24, 2.45) is 5.92 Å². The van der Waals surface area contributed by atoms with Gasteiger partial charge in [0.25, 0.3) is 0 Å². The van der Waals surface area contributed by atoms with E-state index in [9.17, 15) is 4.79 Å². The standard InChI is InChI=1S/C17H25NO2/c1-14-7-5-10-18(13-14)11-6-12-20-17-9-4-3-8-16(17)15(2)19/h3-4,8-9,14H,5-7,10-13H2,1-2H3/p+1/t14-/m0/s1. The van der Waals surface area contributed by atoms with Crippen LogP contribution in [-0.2, 0) is 0 Å². The van der Waals surface area contributed by atoms with Crippen molar-refractivity contribution in [3.8, 4) is 5.75 Å². The minimum absolute atomic E-state index is 0.0658. The number of benzene rings is 1. The van der Waals surface area contributed by atoms with E-state index in [2.05, 4.69) is 6.92 Å². The van der Waals surface area contributed by atoms with Crippen molar-refractivity contribution in [1.29, 1.82) is 0 Å². The molecule has 1 aromatic rings. The molecule has 0 saturated carbocycles. The normalized spacial score (nSPS) is 22.5. The Hall–Kier alpha value is -1.35. The molecule has 0 spiro atoms. The Morgan fingerprint density at radius 2 is 2.20 bits per heavy atom.